The van der Waals surface area contributed by atoms with Crippen molar-refractivity contribution in [2.24, 2.45) is 0 Å². The molecule has 1 heterocycles. The molecule has 1 aliphatic carbocycles. The number of imidazole rings is 1. The number of hydrogen-bond acceptors (Lipinski definition) is 2. The Bertz CT molecular complexity index is 852. The van der Waals surface area contributed by atoms with Crippen LogP contribution in [0.1, 0.15) is 18.9 Å². The van der Waals surface area contributed by atoms with E-state index >= 15 is 0 Å². The van der Waals surface area contributed by atoms with Crippen molar-refractivity contribution in [2.45, 2.75) is 18.9 Å². The zero-order valence-electron chi connectivity index (χ0n) is 11.2. The molecule has 0 amide bonds. The molecule has 1 aromatic heterocycles. The maximum Gasteiger partial charge on any atom is 0.143 e. The first-order valence-electron chi connectivity index (χ1n) is 6.87. The van der Waals surface area contributed by atoms with Crippen LogP contribution in [0.3, 0.4) is 0 Å². The molecule has 5 heteroatoms. The highest BCUT2D eigenvalue weighted by Gasteiger charge is 2.30. The zero-order valence-corrected chi connectivity index (χ0v) is 14.1. The third kappa shape index (κ3) is 2.21. The maximum atomic E-state index is 6.41. The Labute approximate surface area is 141 Å². The van der Waals surface area contributed by atoms with Gasteiger partial charge in [0.1, 0.15) is 5.82 Å². The molecular weight excluding hydrogens is 397 g/mol. The van der Waals surface area contributed by atoms with Crippen LogP contribution in [0, 0.1) is 3.57 Å². The van der Waals surface area contributed by atoms with Crippen molar-refractivity contribution >= 4 is 50.9 Å². The van der Waals surface area contributed by atoms with Gasteiger partial charge >= 0.3 is 0 Å². The number of aromatic nitrogens is 2. The van der Waals surface area contributed by atoms with Gasteiger partial charge in [0.25, 0.3) is 0 Å². The molecule has 1 saturated carbocycles. The summed E-state index contributed by atoms with van der Waals surface area (Å²) in [6, 6.07) is 12.4. The fraction of sp³-hybridized carbons (Fsp3) is 0.188. The SMILES string of the molecule is Nc1ccc(I)cc1-c1nc2cccc(Cl)c2n1C1CC1. The Hall–Kier alpha value is -1.27. The van der Waals surface area contributed by atoms with E-state index in [4.69, 9.17) is 22.3 Å². The van der Waals surface area contributed by atoms with Crippen LogP contribution >= 0.6 is 34.2 Å². The van der Waals surface area contributed by atoms with E-state index in [-0.39, 0.29) is 0 Å². The van der Waals surface area contributed by atoms with Gasteiger partial charge in [0.05, 0.1) is 16.1 Å². The molecule has 1 fully saturated rings. The molecule has 0 atom stereocenters. The number of rotatable bonds is 2. The van der Waals surface area contributed by atoms with E-state index in [0.717, 1.165) is 36.7 Å². The number of halogens is 2. The van der Waals surface area contributed by atoms with Crippen molar-refractivity contribution in [2.75, 3.05) is 5.73 Å². The molecule has 106 valence electrons. The second-order valence-corrected chi connectivity index (χ2v) is 7.03. The molecule has 0 saturated heterocycles. The summed E-state index contributed by atoms with van der Waals surface area (Å²) in [5, 5.41) is 0.752. The number of fused-ring (bicyclic) bond motifs is 1. The predicted molar refractivity (Wildman–Crippen MR) is 95.6 cm³/mol. The zero-order chi connectivity index (χ0) is 14.6. The fourth-order valence-electron chi connectivity index (χ4n) is 2.71. The molecule has 3 aromatic rings. The lowest BCUT2D eigenvalue weighted by atomic mass is 10.1. The fourth-order valence-corrected chi connectivity index (χ4v) is 3.46. The van der Waals surface area contributed by atoms with E-state index in [2.05, 4.69) is 33.2 Å². The van der Waals surface area contributed by atoms with E-state index in [1.165, 1.54) is 12.8 Å². The molecule has 0 unspecified atom stereocenters. The van der Waals surface area contributed by atoms with Crippen molar-refractivity contribution in [1.29, 1.82) is 0 Å². The monoisotopic (exact) mass is 409 g/mol. The van der Waals surface area contributed by atoms with Gasteiger partial charge in [-0.1, -0.05) is 17.7 Å². The van der Waals surface area contributed by atoms with Crippen LogP contribution < -0.4 is 5.73 Å². The minimum Gasteiger partial charge on any atom is -0.398 e. The summed E-state index contributed by atoms with van der Waals surface area (Å²) in [5.74, 6) is 0.927. The predicted octanol–water partition coefficient (Wildman–Crippen LogP) is 4.88. The highest BCUT2D eigenvalue weighted by atomic mass is 127. The number of anilines is 1. The van der Waals surface area contributed by atoms with Crippen LogP contribution in [0.15, 0.2) is 36.4 Å². The number of nitrogens with zero attached hydrogens (tertiary/aromatic N) is 2. The Morgan fingerprint density at radius 2 is 2.05 bits per heavy atom. The minimum atomic E-state index is 0.488. The van der Waals surface area contributed by atoms with Gasteiger partial charge < -0.3 is 10.3 Å². The molecule has 4 rings (SSSR count). The summed E-state index contributed by atoms with van der Waals surface area (Å²) in [6.45, 7) is 0. The van der Waals surface area contributed by atoms with Crippen molar-refractivity contribution in [3.63, 3.8) is 0 Å². The van der Waals surface area contributed by atoms with Crippen LogP contribution in [0.2, 0.25) is 5.02 Å². The highest BCUT2D eigenvalue weighted by molar-refractivity contribution is 14.1. The molecule has 0 bridgehead atoms. The van der Waals surface area contributed by atoms with Gasteiger partial charge in [-0.3, -0.25) is 0 Å². The molecule has 2 aromatic carbocycles. The molecule has 2 N–H and O–H groups in total. The molecular formula is C16H13ClIN3. The lowest BCUT2D eigenvalue weighted by Gasteiger charge is -2.10. The molecule has 0 spiro atoms. The standard InChI is InChI=1S/C16H13ClIN3/c17-12-2-1-3-14-15(12)21(10-5-6-10)16(20-14)11-8-9(18)4-7-13(11)19/h1-4,7-8,10H,5-6,19H2. The molecule has 1 aliphatic rings. The van der Waals surface area contributed by atoms with Gasteiger partial charge in [-0.2, -0.15) is 0 Å². The summed E-state index contributed by atoms with van der Waals surface area (Å²) < 4.78 is 3.41. The first kappa shape index (κ1) is 13.4. The van der Waals surface area contributed by atoms with E-state index < -0.39 is 0 Å². The normalized spacial score (nSPS) is 14.8. The number of nitrogen functional groups attached to an aromatic ring is 1. The summed E-state index contributed by atoms with van der Waals surface area (Å²) in [5.41, 5.74) is 9.88. The number of nitrogens with two attached hydrogens (primary N) is 1. The Morgan fingerprint density at radius 1 is 1.24 bits per heavy atom. The average molecular weight is 410 g/mol. The number of benzene rings is 2. The van der Waals surface area contributed by atoms with Gasteiger partial charge in [0.2, 0.25) is 0 Å². The van der Waals surface area contributed by atoms with Crippen LogP contribution in [0.4, 0.5) is 5.69 Å². The quantitative estimate of drug-likeness (QED) is 0.484. The van der Waals surface area contributed by atoms with Crippen LogP contribution in [0.25, 0.3) is 22.4 Å². The first-order chi connectivity index (χ1) is 10.1. The van der Waals surface area contributed by atoms with E-state index in [1.807, 2.05) is 30.3 Å². The molecule has 3 nitrogen and oxygen atoms in total. The maximum absolute atomic E-state index is 6.41. The molecule has 0 aliphatic heterocycles. The van der Waals surface area contributed by atoms with Gasteiger partial charge in [-0.15, -0.1) is 0 Å². The van der Waals surface area contributed by atoms with E-state index in [0.29, 0.717) is 6.04 Å². The Morgan fingerprint density at radius 3 is 2.81 bits per heavy atom. The summed E-state index contributed by atoms with van der Waals surface area (Å²) in [6.07, 6.45) is 2.35. The summed E-state index contributed by atoms with van der Waals surface area (Å²) in [7, 11) is 0. The lowest BCUT2D eigenvalue weighted by Crippen LogP contribution is -2.00. The summed E-state index contributed by atoms with van der Waals surface area (Å²) >= 11 is 8.71. The van der Waals surface area contributed by atoms with Gasteiger partial charge in [-0.05, 0) is 65.8 Å². The number of para-hydroxylation sites is 1. The second-order valence-electron chi connectivity index (χ2n) is 5.38. The largest absolute Gasteiger partial charge is 0.398 e. The average Bonchev–Trinajstić information content (AvgIpc) is 3.22. The van der Waals surface area contributed by atoms with Crippen molar-refractivity contribution < 1.29 is 0 Å². The topological polar surface area (TPSA) is 43.8 Å². The Balaban J connectivity index is 2.07. The van der Waals surface area contributed by atoms with Crippen LogP contribution in [-0.4, -0.2) is 9.55 Å². The van der Waals surface area contributed by atoms with E-state index in [9.17, 15) is 0 Å². The van der Waals surface area contributed by atoms with Gasteiger partial charge in [0.15, 0.2) is 0 Å². The Kier molecular flexibility index (Phi) is 3.11. The first-order valence-corrected chi connectivity index (χ1v) is 8.32. The van der Waals surface area contributed by atoms with Crippen LogP contribution in [0.5, 0.6) is 0 Å². The third-order valence-corrected chi connectivity index (χ3v) is 4.81. The van der Waals surface area contributed by atoms with Crippen LogP contribution in [-0.2, 0) is 0 Å². The second kappa shape index (κ2) is 4.88. The lowest BCUT2D eigenvalue weighted by molar-refractivity contribution is 0.775. The van der Waals surface area contributed by atoms with Gasteiger partial charge in [-0.25, -0.2) is 4.98 Å². The van der Waals surface area contributed by atoms with E-state index in [1.54, 1.807) is 0 Å². The number of hydrogen-bond donors (Lipinski definition) is 1. The summed E-state index contributed by atoms with van der Waals surface area (Å²) in [4.78, 5) is 4.80. The molecule has 21 heavy (non-hydrogen) atoms. The van der Waals surface area contributed by atoms with Crippen molar-refractivity contribution in [1.82, 2.24) is 9.55 Å². The van der Waals surface area contributed by atoms with Gasteiger partial charge in [0, 0.05) is 20.9 Å². The smallest absolute Gasteiger partial charge is 0.143 e. The van der Waals surface area contributed by atoms with Crippen molar-refractivity contribution in [3.05, 3.63) is 45.0 Å². The molecule has 0 radical (unpaired) electrons. The minimum absolute atomic E-state index is 0.488. The van der Waals surface area contributed by atoms with Crippen molar-refractivity contribution in [3.8, 4) is 11.4 Å². The highest BCUT2D eigenvalue weighted by Crippen LogP contribution is 2.43. The third-order valence-electron chi connectivity index (χ3n) is 3.83.